The standard InChI is InChI=1S/C16H12BrClO3/c1-2-9-7-10(16(20)21)3-5-12(9)15(19)13-6-4-11(17)8-14(13)18/h3-8H,2H2,1H3,(H,20,21). The number of carboxylic acids is 1. The number of aromatic carboxylic acids is 1. The Morgan fingerprint density at radius 3 is 2.38 bits per heavy atom. The van der Waals surface area contributed by atoms with Crippen molar-refractivity contribution in [2.24, 2.45) is 0 Å². The van der Waals surface area contributed by atoms with Gasteiger partial charge < -0.3 is 5.11 Å². The van der Waals surface area contributed by atoms with E-state index in [4.69, 9.17) is 16.7 Å². The van der Waals surface area contributed by atoms with Gasteiger partial charge in [0.2, 0.25) is 0 Å². The molecule has 0 fully saturated rings. The maximum Gasteiger partial charge on any atom is 0.335 e. The van der Waals surface area contributed by atoms with Gasteiger partial charge in [0, 0.05) is 15.6 Å². The molecule has 0 radical (unpaired) electrons. The Balaban J connectivity index is 2.50. The molecule has 0 spiro atoms. The molecule has 21 heavy (non-hydrogen) atoms. The lowest BCUT2D eigenvalue weighted by Crippen LogP contribution is -2.08. The van der Waals surface area contributed by atoms with Gasteiger partial charge in [0.15, 0.2) is 5.78 Å². The van der Waals surface area contributed by atoms with Gasteiger partial charge in [-0.25, -0.2) is 4.79 Å². The van der Waals surface area contributed by atoms with Crippen molar-refractivity contribution >= 4 is 39.3 Å². The smallest absolute Gasteiger partial charge is 0.335 e. The molecule has 2 aromatic carbocycles. The summed E-state index contributed by atoms with van der Waals surface area (Å²) in [7, 11) is 0. The number of benzene rings is 2. The fraction of sp³-hybridized carbons (Fsp3) is 0.125. The molecule has 0 unspecified atom stereocenters. The van der Waals surface area contributed by atoms with Crippen molar-refractivity contribution in [1.82, 2.24) is 0 Å². The molecule has 0 heterocycles. The molecule has 0 amide bonds. The molecule has 0 aliphatic rings. The lowest BCUT2D eigenvalue weighted by atomic mass is 9.95. The number of carboxylic acid groups (broad SMARTS) is 1. The second-order valence-corrected chi connectivity index (χ2v) is 5.81. The molecule has 2 rings (SSSR count). The van der Waals surface area contributed by atoms with E-state index in [0.717, 1.165) is 4.47 Å². The van der Waals surface area contributed by atoms with Gasteiger partial charge in [-0.05, 0) is 48.4 Å². The number of aryl methyl sites for hydroxylation is 1. The zero-order valence-electron chi connectivity index (χ0n) is 11.2. The highest BCUT2D eigenvalue weighted by atomic mass is 79.9. The minimum absolute atomic E-state index is 0.172. The maximum absolute atomic E-state index is 12.6. The first-order valence-electron chi connectivity index (χ1n) is 6.30. The fourth-order valence-corrected chi connectivity index (χ4v) is 2.82. The van der Waals surface area contributed by atoms with Gasteiger partial charge in [-0.1, -0.05) is 34.5 Å². The van der Waals surface area contributed by atoms with Crippen molar-refractivity contribution in [2.45, 2.75) is 13.3 Å². The van der Waals surface area contributed by atoms with E-state index < -0.39 is 5.97 Å². The van der Waals surface area contributed by atoms with E-state index in [1.807, 2.05) is 6.92 Å². The monoisotopic (exact) mass is 366 g/mol. The third kappa shape index (κ3) is 3.34. The molecule has 2 aromatic rings. The number of hydrogen-bond acceptors (Lipinski definition) is 2. The van der Waals surface area contributed by atoms with Crippen molar-refractivity contribution in [3.63, 3.8) is 0 Å². The van der Waals surface area contributed by atoms with Gasteiger partial charge >= 0.3 is 5.97 Å². The molecule has 0 atom stereocenters. The van der Waals surface area contributed by atoms with Crippen LogP contribution in [0.3, 0.4) is 0 Å². The maximum atomic E-state index is 12.6. The second kappa shape index (κ2) is 6.41. The van der Waals surface area contributed by atoms with Crippen molar-refractivity contribution in [3.8, 4) is 0 Å². The van der Waals surface area contributed by atoms with Gasteiger partial charge in [0.25, 0.3) is 0 Å². The van der Waals surface area contributed by atoms with E-state index in [1.54, 1.807) is 24.3 Å². The Labute approximate surface area is 135 Å². The Kier molecular flexibility index (Phi) is 4.80. The first-order valence-corrected chi connectivity index (χ1v) is 7.47. The van der Waals surface area contributed by atoms with Crippen molar-refractivity contribution in [2.75, 3.05) is 0 Å². The summed E-state index contributed by atoms with van der Waals surface area (Å²) in [6.45, 7) is 1.88. The van der Waals surface area contributed by atoms with Crippen LogP contribution in [0.15, 0.2) is 40.9 Å². The molecular formula is C16H12BrClO3. The Morgan fingerprint density at radius 2 is 1.81 bits per heavy atom. The number of rotatable bonds is 4. The molecular weight excluding hydrogens is 356 g/mol. The van der Waals surface area contributed by atoms with Crippen LogP contribution in [-0.2, 0) is 6.42 Å². The molecule has 1 N–H and O–H groups in total. The van der Waals surface area contributed by atoms with Crippen LogP contribution in [-0.4, -0.2) is 16.9 Å². The normalized spacial score (nSPS) is 10.4. The molecule has 5 heteroatoms. The van der Waals surface area contributed by atoms with Gasteiger partial charge in [-0.3, -0.25) is 4.79 Å². The average Bonchev–Trinajstić information content (AvgIpc) is 2.45. The summed E-state index contributed by atoms with van der Waals surface area (Å²) >= 11 is 9.40. The van der Waals surface area contributed by atoms with Crippen LogP contribution in [0.5, 0.6) is 0 Å². The topological polar surface area (TPSA) is 54.4 Å². The minimum atomic E-state index is -1.01. The van der Waals surface area contributed by atoms with E-state index in [2.05, 4.69) is 15.9 Å². The van der Waals surface area contributed by atoms with Crippen LogP contribution in [0.1, 0.15) is 38.8 Å². The van der Waals surface area contributed by atoms with Gasteiger partial charge in [-0.15, -0.1) is 0 Å². The highest BCUT2D eigenvalue weighted by Gasteiger charge is 2.17. The van der Waals surface area contributed by atoms with Crippen LogP contribution >= 0.6 is 27.5 Å². The van der Waals surface area contributed by atoms with E-state index in [-0.39, 0.29) is 11.3 Å². The number of ketones is 1. The van der Waals surface area contributed by atoms with Crippen LogP contribution in [0.25, 0.3) is 0 Å². The molecule has 108 valence electrons. The zero-order chi connectivity index (χ0) is 15.6. The molecule has 0 bridgehead atoms. The summed E-state index contributed by atoms with van der Waals surface area (Å²) in [6, 6.07) is 9.56. The van der Waals surface area contributed by atoms with E-state index >= 15 is 0 Å². The highest BCUT2D eigenvalue weighted by Crippen LogP contribution is 2.25. The largest absolute Gasteiger partial charge is 0.478 e. The predicted molar refractivity (Wildman–Crippen MR) is 85.4 cm³/mol. The van der Waals surface area contributed by atoms with Crippen LogP contribution in [0, 0.1) is 0 Å². The van der Waals surface area contributed by atoms with Gasteiger partial charge in [0.05, 0.1) is 10.6 Å². The predicted octanol–water partition coefficient (Wildman–Crippen LogP) is 4.59. The summed E-state index contributed by atoms with van der Waals surface area (Å²) in [5, 5.41) is 9.37. The van der Waals surface area contributed by atoms with Crippen molar-refractivity contribution in [1.29, 1.82) is 0 Å². The van der Waals surface area contributed by atoms with Crippen LogP contribution in [0.4, 0.5) is 0 Å². The Bertz CT molecular complexity index is 725. The summed E-state index contributed by atoms with van der Waals surface area (Å²) in [5.74, 6) is -1.22. The number of carbonyl (C=O) groups is 2. The molecule has 0 aliphatic carbocycles. The Morgan fingerprint density at radius 1 is 1.14 bits per heavy atom. The number of halogens is 2. The highest BCUT2D eigenvalue weighted by molar-refractivity contribution is 9.10. The van der Waals surface area contributed by atoms with Gasteiger partial charge in [-0.2, -0.15) is 0 Å². The summed E-state index contributed by atoms with van der Waals surface area (Å²) in [6.07, 6.45) is 0.566. The zero-order valence-corrected chi connectivity index (χ0v) is 13.5. The number of carbonyl (C=O) groups excluding carboxylic acids is 1. The summed E-state index contributed by atoms with van der Waals surface area (Å²) in [5.41, 5.74) is 1.74. The third-order valence-corrected chi connectivity index (χ3v) is 3.96. The number of hydrogen-bond donors (Lipinski definition) is 1. The van der Waals surface area contributed by atoms with E-state index in [0.29, 0.717) is 28.1 Å². The molecule has 0 saturated heterocycles. The first kappa shape index (κ1) is 15.7. The van der Waals surface area contributed by atoms with E-state index in [9.17, 15) is 9.59 Å². The summed E-state index contributed by atoms with van der Waals surface area (Å²) < 4.78 is 0.793. The Hall–Kier alpha value is -1.65. The second-order valence-electron chi connectivity index (χ2n) is 4.48. The van der Waals surface area contributed by atoms with Gasteiger partial charge in [0.1, 0.15) is 0 Å². The molecule has 0 saturated carbocycles. The quantitative estimate of drug-likeness (QED) is 0.804. The van der Waals surface area contributed by atoms with Crippen LogP contribution < -0.4 is 0 Å². The lowest BCUT2D eigenvalue weighted by Gasteiger charge is -2.09. The van der Waals surface area contributed by atoms with Crippen LogP contribution in [0.2, 0.25) is 5.02 Å². The third-order valence-electron chi connectivity index (χ3n) is 3.15. The molecule has 0 aliphatic heterocycles. The fourth-order valence-electron chi connectivity index (χ4n) is 2.06. The first-order chi connectivity index (χ1) is 9.93. The lowest BCUT2D eigenvalue weighted by molar-refractivity contribution is 0.0696. The van der Waals surface area contributed by atoms with Crippen molar-refractivity contribution in [3.05, 3.63) is 68.1 Å². The summed E-state index contributed by atoms with van der Waals surface area (Å²) in [4.78, 5) is 23.6. The molecule has 0 aromatic heterocycles. The van der Waals surface area contributed by atoms with E-state index in [1.165, 1.54) is 12.1 Å². The molecule has 3 nitrogen and oxygen atoms in total. The van der Waals surface area contributed by atoms with Crippen molar-refractivity contribution < 1.29 is 14.7 Å². The SMILES string of the molecule is CCc1cc(C(=O)O)ccc1C(=O)c1ccc(Br)cc1Cl. The minimum Gasteiger partial charge on any atom is -0.478 e. The average molecular weight is 368 g/mol.